The number of aliphatic imine (C=N–C) groups is 1. The molecule has 7 heteroatoms. The van der Waals surface area contributed by atoms with Crippen LogP contribution in [0.5, 0.6) is 0 Å². The van der Waals surface area contributed by atoms with Crippen LogP contribution in [0, 0.1) is 5.82 Å². The lowest BCUT2D eigenvalue weighted by atomic mass is 9.93. The van der Waals surface area contributed by atoms with Gasteiger partial charge in [-0.05, 0) is 72.7 Å². The van der Waals surface area contributed by atoms with Crippen LogP contribution in [0.25, 0.3) is 10.8 Å². The Morgan fingerprint density at radius 1 is 1.16 bits per heavy atom. The first kappa shape index (κ1) is 25.4. The number of halogens is 1. The maximum Gasteiger partial charge on any atom is 0.278 e. The minimum Gasteiger partial charge on any atom is -0.373 e. The summed E-state index contributed by atoms with van der Waals surface area (Å²) in [6.45, 7) is 6.72. The lowest BCUT2D eigenvalue weighted by molar-refractivity contribution is 0.0255. The largest absolute Gasteiger partial charge is 0.373 e. The molecule has 1 unspecified atom stereocenters. The lowest BCUT2D eigenvalue weighted by Gasteiger charge is -2.42. The molecule has 0 radical (unpaired) electrons. The van der Waals surface area contributed by atoms with Crippen molar-refractivity contribution in [3.8, 4) is 0 Å². The van der Waals surface area contributed by atoms with E-state index in [0.29, 0.717) is 18.2 Å². The summed E-state index contributed by atoms with van der Waals surface area (Å²) in [5, 5.41) is 2.04. The van der Waals surface area contributed by atoms with Gasteiger partial charge in [-0.1, -0.05) is 18.2 Å². The molecule has 0 bridgehead atoms. The maximum atomic E-state index is 13.7. The second kappa shape index (κ2) is 11.0. The van der Waals surface area contributed by atoms with Crippen LogP contribution in [0.2, 0.25) is 0 Å². The van der Waals surface area contributed by atoms with Crippen LogP contribution in [0.4, 0.5) is 10.1 Å². The van der Waals surface area contributed by atoms with Crippen LogP contribution >= 0.6 is 0 Å². The molecule has 0 aliphatic carbocycles. The van der Waals surface area contributed by atoms with Gasteiger partial charge >= 0.3 is 0 Å². The number of hydrogen-bond donors (Lipinski definition) is 0. The van der Waals surface area contributed by atoms with Crippen molar-refractivity contribution in [2.45, 2.75) is 31.9 Å². The zero-order chi connectivity index (χ0) is 25.9. The van der Waals surface area contributed by atoms with Crippen LogP contribution in [0.1, 0.15) is 40.9 Å². The summed E-state index contributed by atoms with van der Waals surface area (Å²) >= 11 is 0. The highest BCUT2D eigenvalue weighted by Gasteiger charge is 2.27. The third-order valence-corrected chi connectivity index (χ3v) is 7.44. The molecule has 5 rings (SSSR count). The Morgan fingerprint density at radius 3 is 2.84 bits per heavy atom. The summed E-state index contributed by atoms with van der Waals surface area (Å²) in [6, 6.07) is 17.5. The second-order valence-electron chi connectivity index (χ2n) is 10.3. The van der Waals surface area contributed by atoms with Gasteiger partial charge in [-0.15, -0.1) is 0 Å². The molecule has 0 N–H and O–H groups in total. The fourth-order valence-corrected chi connectivity index (χ4v) is 5.49. The summed E-state index contributed by atoms with van der Waals surface area (Å²) in [5.41, 5.74) is 4.17. The fourth-order valence-electron chi connectivity index (χ4n) is 5.49. The average molecular weight is 503 g/mol. The molecular formula is C30H35FN4O2. The van der Waals surface area contributed by atoms with Gasteiger partial charge in [0.15, 0.2) is 0 Å². The summed E-state index contributed by atoms with van der Waals surface area (Å²) in [5.74, 6) is -0.419. The van der Waals surface area contributed by atoms with E-state index in [4.69, 9.17) is 4.74 Å². The Morgan fingerprint density at radius 2 is 2.03 bits per heavy atom. The van der Waals surface area contributed by atoms with Crippen molar-refractivity contribution < 1.29 is 13.9 Å². The first-order valence-electron chi connectivity index (χ1n) is 13.1. The van der Waals surface area contributed by atoms with E-state index in [1.807, 2.05) is 50.5 Å². The number of rotatable bonds is 6. The van der Waals surface area contributed by atoms with Gasteiger partial charge in [0.2, 0.25) is 0 Å². The van der Waals surface area contributed by atoms with Crippen LogP contribution in [0.3, 0.4) is 0 Å². The molecule has 1 saturated heterocycles. The number of hydrogen-bond acceptors (Lipinski definition) is 4. The summed E-state index contributed by atoms with van der Waals surface area (Å²) in [4.78, 5) is 23.1. The second-order valence-corrected chi connectivity index (χ2v) is 10.3. The van der Waals surface area contributed by atoms with E-state index in [-0.39, 0.29) is 17.8 Å². The normalized spacial score (nSPS) is 20.4. The third-order valence-electron chi connectivity index (χ3n) is 7.44. The number of fused-ring (bicyclic) bond motifs is 2. The Balaban J connectivity index is 1.22. The van der Waals surface area contributed by atoms with Crippen LogP contribution in [-0.2, 0) is 11.2 Å². The quantitative estimate of drug-likeness (QED) is 0.354. The predicted octanol–water partition coefficient (Wildman–Crippen LogP) is 4.92. The van der Waals surface area contributed by atoms with Crippen molar-refractivity contribution in [2.75, 3.05) is 51.8 Å². The predicted molar refractivity (Wildman–Crippen MR) is 147 cm³/mol. The summed E-state index contributed by atoms with van der Waals surface area (Å²) in [6.07, 6.45) is 3.30. The van der Waals surface area contributed by atoms with Gasteiger partial charge < -0.3 is 14.5 Å². The number of carbonyl (C=O) groups excluding carboxylic acids is 1. The third kappa shape index (κ3) is 5.68. The maximum absolute atomic E-state index is 13.7. The molecule has 2 aliphatic heterocycles. The van der Waals surface area contributed by atoms with Gasteiger partial charge in [0, 0.05) is 63.0 Å². The van der Waals surface area contributed by atoms with Crippen LogP contribution < -0.4 is 4.90 Å². The Bertz CT molecular complexity index is 1310. The fraction of sp³-hybridized carbons (Fsp3) is 0.400. The Hall–Kier alpha value is -3.29. The molecule has 3 aromatic rings. The van der Waals surface area contributed by atoms with Crippen LogP contribution in [-0.4, -0.2) is 75.0 Å². The lowest BCUT2D eigenvalue weighted by Crippen LogP contribution is -2.52. The number of nitrogens with zero attached hydrogens (tertiary/aromatic N) is 4. The average Bonchev–Trinajstić information content (AvgIpc) is 2.90. The van der Waals surface area contributed by atoms with E-state index >= 15 is 0 Å². The van der Waals surface area contributed by atoms with Crippen molar-refractivity contribution in [1.29, 1.82) is 0 Å². The van der Waals surface area contributed by atoms with Gasteiger partial charge in [0.05, 0.1) is 19.0 Å². The van der Waals surface area contributed by atoms with E-state index in [1.165, 1.54) is 23.2 Å². The molecule has 37 heavy (non-hydrogen) atoms. The smallest absolute Gasteiger partial charge is 0.278 e. The van der Waals surface area contributed by atoms with E-state index in [2.05, 4.69) is 27.8 Å². The van der Waals surface area contributed by atoms with Crippen molar-refractivity contribution in [1.82, 2.24) is 9.80 Å². The monoisotopic (exact) mass is 502 g/mol. The highest BCUT2D eigenvalue weighted by molar-refractivity contribution is 5.99. The van der Waals surface area contributed by atoms with E-state index in [0.717, 1.165) is 49.8 Å². The number of benzene rings is 3. The molecule has 2 heterocycles. The summed E-state index contributed by atoms with van der Waals surface area (Å²) in [7, 11) is 3.69. The topological polar surface area (TPSA) is 48.4 Å². The Kier molecular flexibility index (Phi) is 7.53. The number of carbonyl (C=O) groups is 1. The Labute approximate surface area is 218 Å². The molecule has 1 amide bonds. The van der Waals surface area contributed by atoms with Crippen molar-refractivity contribution in [3.63, 3.8) is 0 Å². The minimum atomic E-state index is -0.220. The molecular weight excluding hydrogens is 467 g/mol. The van der Waals surface area contributed by atoms with Crippen molar-refractivity contribution in [3.05, 3.63) is 77.1 Å². The number of piperazine rings is 1. The van der Waals surface area contributed by atoms with Gasteiger partial charge in [0.25, 0.3) is 5.91 Å². The van der Waals surface area contributed by atoms with Gasteiger partial charge in [-0.3, -0.25) is 9.69 Å². The van der Waals surface area contributed by atoms with Crippen LogP contribution in [0.15, 0.2) is 59.6 Å². The zero-order valence-electron chi connectivity index (χ0n) is 21.9. The number of ether oxygens (including phenoxy) is 1. The molecule has 6 nitrogen and oxygen atoms in total. The first-order chi connectivity index (χ1) is 17.9. The number of anilines is 1. The summed E-state index contributed by atoms with van der Waals surface area (Å²) < 4.78 is 19.9. The molecule has 0 aromatic heterocycles. The van der Waals surface area contributed by atoms with Crippen molar-refractivity contribution >= 4 is 28.7 Å². The number of amides is 1. The standard InChI is InChI=1S/C30H35FN4O2/c1-21-19-35(28-6-4-5-22-18-25(31)8-10-26(22)28)15-14-34(21)13-11-29-27-9-7-24(17-23(27)12-16-37-29)30(36)32-20-33(2)3/h4-10,17-18,20-21,29H,11-16,19H2,1-3H3/t21-,29?/m1/s1. The molecule has 2 aliphatic rings. The first-order valence-corrected chi connectivity index (χ1v) is 13.1. The zero-order valence-corrected chi connectivity index (χ0v) is 21.9. The highest BCUT2D eigenvalue weighted by Crippen LogP contribution is 2.32. The van der Waals surface area contributed by atoms with Crippen molar-refractivity contribution in [2.24, 2.45) is 4.99 Å². The molecule has 1 fully saturated rings. The van der Waals surface area contributed by atoms with Gasteiger partial charge in [0.1, 0.15) is 5.82 Å². The molecule has 3 aromatic carbocycles. The molecule has 194 valence electrons. The SMILES string of the molecule is C[C@@H]1CN(c2cccc3cc(F)ccc23)CCN1CCC1OCCc2cc(C(=O)N=CN(C)C)ccc21. The van der Waals surface area contributed by atoms with E-state index in [9.17, 15) is 9.18 Å². The van der Waals surface area contributed by atoms with E-state index < -0.39 is 0 Å². The van der Waals surface area contributed by atoms with E-state index in [1.54, 1.807) is 17.0 Å². The van der Waals surface area contributed by atoms with Gasteiger partial charge in [-0.25, -0.2) is 4.39 Å². The molecule has 0 spiro atoms. The molecule has 2 atom stereocenters. The molecule has 0 saturated carbocycles. The van der Waals surface area contributed by atoms with Gasteiger partial charge in [-0.2, -0.15) is 4.99 Å². The highest BCUT2D eigenvalue weighted by atomic mass is 19.1. The minimum absolute atomic E-state index is 0.0383.